The number of hydrogen-bond acceptors (Lipinski definition) is 4. The average Bonchev–Trinajstić information content (AvgIpc) is 2.70. The molecule has 0 spiro atoms. The molecule has 1 unspecified atom stereocenters. The van der Waals surface area contributed by atoms with Crippen LogP contribution in [0.15, 0.2) is 46.9 Å². The Hall–Kier alpha value is -1.76. The molecule has 2 aromatic carbocycles. The summed E-state index contributed by atoms with van der Waals surface area (Å²) in [5.41, 5.74) is 1.86. The summed E-state index contributed by atoms with van der Waals surface area (Å²) < 4.78 is 6.53. The number of nitrogens with zero attached hydrogens (tertiary/aromatic N) is 2. The minimum absolute atomic E-state index is 0.193. The molecule has 0 bridgehead atoms. The van der Waals surface area contributed by atoms with Crippen LogP contribution < -0.4 is 15.0 Å². The first-order valence-electron chi connectivity index (χ1n) is 9.47. The van der Waals surface area contributed by atoms with Crippen LogP contribution in [-0.2, 0) is 4.79 Å². The van der Waals surface area contributed by atoms with Crippen molar-refractivity contribution in [1.29, 1.82) is 0 Å². The molecule has 7 heteroatoms. The van der Waals surface area contributed by atoms with E-state index in [1.54, 1.807) is 25.1 Å². The van der Waals surface area contributed by atoms with E-state index < -0.39 is 6.10 Å². The van der Waals surface area contributed by atoms with Crippen molar-refractivity contribution in [3.63, 3.8) is 0 Å². The maximum atomic E-state index is 12.7. The van der Waals surface area contributed by atoms with Gasteiger partial charge in [0.2, 0.25) is 0 Å². The standard InChI is InChI=1S/C21H25BrClN3O2/c1-3-25-10-12-26(13-11-25)19-7-5-4-6-18(19)24-21(27)15(2)28-20-9-8-16(23)14-17(20)22/h4-9,14-15H,3,10-13H2,1-2H3,(H,24,27). The predicted molar refractivity (Wildman–Crippen MR) is 119 cm³/mol. The number of amides is 1. The van der Waals surface area contributed by atoms with Gasteiger partial charge in [-0.2, -0.15) is 0 Å². The second kappa shape index (κ2) is 9.63. The summed E-state index contributed by atoms with van der Waals surface area (Å²) in [4.78, 5) is 17.5. The molecule has 1 amide bonds. The molecule has 1 saturated heterocycles. The number of nitrogens with one attached hydrogen (secondary N) is 1. The van der Waals surface area contributed by atoms with Crippen molar-refractivity contribution < 1.29 is 9.53 Å². The molecule has 3 rings (SSSR count). The quantitative estimate of drug-likeness (QED) is 0.673. The fourth-order valence-electron chi connectivity index (χ4n) is 3.21. The van der Waals surface area contributed by atoms with Crippen LogP contribution in [0.3, 0.4) is 0 Å². The van der Waals surface area contributed by atoms with Crippen molar-refractivity contribution >= 4 is 44.8 Å². The van der Waals surface area contributed by atoms with Gasteiger partial charge in [-0.1, -0.05) is 30.7 Å². The minimum Gasteiger partial charge on any atom is -0.480 e. The zero-order valence-corrected chi connectivity index (χ0v) is 18.5. The number of piperazine rings is 1. The first kappa shape index (κ1) is 21.0. The summed E-state index contributed by atoms with van der Waals surface area (Å²) >= 11 is 9.37. The van der Waals surface area contributed by atoms with Gasteiger partial charge in [0, 0.05) is 31.2 Å². The lowest BCUT2D eigenvalue weighted by molar-refractivity contribution is -0.122. The van der Waals surface area contributed by atoms with E-state index in [-0.39, 0.29) is 5.91 Å². The number of likely N-dealkylation sites (N-methyl/N-ethyl adjacent to an activating group) is 1. The maximum absolute atomic E-state index is 12.7. The van der Waals surface area contributed by atoms with E-state index in [1.165, 1.54) is 0 Å². The summed E-state index contributed by atoms with van der Waals surface area (Å²) in [6, 6.07) is 13.1. The molecule has 1 aliphatic heterocycles. The zero-order valence-electron chi connectivity index (χ0n) is 16.1. The highest BCUT2D eigenvalue weighted by molar-refractivity contribution is 9.10. The van der Waals surface area contributed by atoms with Crippen molar-refractivity contribution in [2.75, 3.05) is 42.9 Å². The number of ether oxygens (including phenoxy) is 1. The Morgan fingerprint density at radius 3 is 2.61 bits per heavy atom. The minimum atomic E-state index is -0.650. The number of rotatable bonds is 6. The Kier molecular flexibility index (Phi) is 7.21. The van der Waals surface area contributed by atoms with Crippen molar-refractivity contribution in [3.05, 3.63) is 52.0 Å². The van der Waals surface area contributed by atoms with Gasteiger partial charge in [0.1, 0.15) is 5.75 Å². The van der Waals surface area contributed by atoms with Crippen LogP contribution in [-0.4, -0.2) is 49.6 Å². The smallest absolute Gasteiger partial charge is 0.265 e. The molecule has 150 valence electrons. The Labute approximate surface area is 179 Å². The van der Waals surface area contributed by atoms with E-state index in [0.29, 0.717) is 15.2 Å². The first-order valence-corrected chi connectivity index (χ1v) is 10.6. The number of carbonyl (C=O) groups is 1. The van der Waals surface area contributed by atoms with Crippen LogP contribution in [0.4, 0.5) is 11.4 Å². The molecule has 0 aliphatic carbocycles. The molecule has 1 heterocycles. The first-order chi connectivity index (χ1) is 13.5. The van der Waals surface area contributed by atoms with Crippen LogP contribution in [0.2, 0.25) is 5.02 Å². The van der Waals surface area contributed by atoms with Crippen LogP contribution in [0.25, 0.3) is 0 Å². The molecule has 1 N–H and O–H groups in total. The Morgan fingerprint density at radius 1 is 1.21 bits per heavy atom. The molecule has 1 fully saturated rings. The van der Waals surface area contributed by atoms with Crippen LogP contribution in [0, 0.1) is 0 Å². The molecule has 0 saturated carbocycles. The molecule has 1 aliphatic rings. The van der Waals surface area contributed by atoms with Crippen LogP contribution in [0.5, 0.6) is 5.75 Å². The molecule has 1 atom stereocenters. The molecular formula is C21H25BrClN3O2. The summed E-state index contributed by atoms with van der Waals surface area (Å²) in [7, 11) is 0. The third-order valence-electron chi connectivity index (χ3n) is 4.89. The summed E-state index contributed by atoms with van der Waals surface area (Å²) in [6.45, 7) is 8.95. The van der Waals surface area contributed by atoms with Gasteiger partial charge in [-0.25, -0.2) is 0 Å². The predicted octanol–water partition coefficient (Wildman–Crippen LogP) is 4.65. The van der Waals surface area contributed by atoms with Crippen LogP contribution in [0.1, 0.15) is 13.8 Å². The lowest BCUT2D eigenvalue weighted by Crippen LogP contribution is -2.46. The van der Waals surface area contributed by atoms with Gasteiger partial charge in [0.15, 0.2) is 6.10 Å². The maximum Gasteiger partial charge on any atom is 0.265 e. The van der Waals surface area contributed by atoms with Crippen LogP contribution >= 0.6 is 27.5 Å². The number of para-hydroxylation sites is 2. The third-order valence-corrected chi connectivity index (χ3v) is 5.74. The Morgan fingerprint density at radius 2 is 1.93 bits per heavy atom. The summed E-state index contributed by atoms with van der Waals surface area (Å²) in [6.07, 6.45) is -0.650. The van der Waals surface area contributed by atoms with Crippen molar-refractivity contribution in [3.8, 4) is 5.75 Å². The fraction of sp³-hybridized carbons (Fsp3) is 0.381. The number of benzene rings is 2. The number of anilines is 2. The molecule has 28 heavy (non-hydrogen) atoms. The summed E-state index contributed by atoms with van der Waals surface area (Å²) in [5, 5.41) is 3.63. The normalized spacial score (nSPS) is 15.9. The average molecular weight is 467 g/mol. The van der Waals surface area contributed by atoms with Crippen molar-refractivity contribution in [1.82, 2.24) is 4.90 Å². The van der Waals surface area contributed by atoms with Crippen molar-refractivity contribution in [2.24, 2.45) is 0 Å². The van der Waals surface area contributed by atoms with Gasteiger partial charge in [-0.05, 0) is 59.7 Å². The zero-order chi connectivity index (χ0) is 20.1. The van der Waals surface area contributed by atoms with E-state index in [1.807, 2.05) is 18.2 Å². The second-order valence-corrected chi connectivity index (χ2v) is 8.05. The van der Waals surface area contributed by atoms with Crippen molar-refractivity contribution in [2.45, 2.75) is 20.0 Å². The summed E-state index contributed by atoms with van der Waals surface area (Å²) in [5.74, 6) is 0.387. The highest BCUT2D eigenvalue weighted by atomic mass is 79.9. The molecule has 2 aromatic rings. The SMILES string of the molecule is CCN1CCN(c2ccccc2NC(=O)C(C)Oc2ccc(Cl)cc2Br)CC1. The van der Waals surface area contributed by atoms with Gasteiger partial charge in [0.05, 0.1) is 15.8 Å². The van der Waals surface area contributed by atoms with E-state index in [9.17, 15) is 4.79 Å². The highest BCUT2D eigenvalue weighted by Crippen LogP contribution is 2.30. The van der Waals surface area contributed by atoms with Gasteiger partial charge < -0.3 is 19.9 Å². The van der Waals surface area contributed by atoms with Gasteiger partial charge in [0.25, 0.3) is 5.91 Å². The Balaban J connectivity index is 1.67. The fourth-order valence-corrected chi connectivity index (χ4v) is 3.99. The Bertz CT molecular complexity index is 825. The highest BCUT2D eigenvalue weighted by Gasteiger charge is 2.21. The lowest BCUT2D eigenvalue weighted by atomic mass is 10.2. The van der Waals surface area contributed by atoms with E-state index in [0.717, 1.165) is 44.1 Å². The number of hydrogen-bond donors (Lipinski definition) is 1. The molecule has 0 aromatic heterocycles. The largest absolute Gasteiger partial charge is 0.480 e. The van der Waals surface area contributed by atoms with Gasteiger partial charge >= 0.3 is 0 Å². The topological polar surface area (TPSA) is 44.8 Å². The molecule has 5 nitrogen and oxygen atoms in total. The van der Waals surface area contributed by atoms with E-state index in [4.69, 9.17) is 16.3 Å². The number of halogens is 2. The van der Waals surface area contributed by atoms with Gasteiger partial charge in [-0.15, -0.1) is 0 Å². The van der Waals surface area contributed by atoms with E-state index in [2.05, 4.69) is 44.0 Å². The molecule has 0 radical (unpaired) electrons. The van der Waals surface area contributed by atoms with Gasteiger partial charge in [-0.3, -0.25) is 4.79 Å². The lowest BCUT2D eigenvalue weighted by Gasteiger charge is -2.36. The second-order valence-electron chi connectivity index (χ2n) is 6.76. The monoisotopic (exact) mass is 465 g/mol. The number of carbonyl (C=O) groups excluding carboxylic acids is 1. The third kappa shape index (κ3) is 5.19. The van der Waals surface area contributed by atoms with E-state index >= 15 is 0 Å². The molecular weight excluding hydrogens is 442 g/mol.